The minimum atomic E-state index is -0.0170. The minimum absolute atomic E-state index is 0.0170. The molecule has 3 atom stereocenters. The molecule has 0 saturated heterocycles. The number of hydrogen-bond donors (Lipinski definition) is 2. The summed E-state index contributed by atoms with van der Waals surface area (Å²) in [6.45, 7) is 4.15. The first-order valence-corrected chi connectivity index (χ1v) is 9.11. The Bertz CT molecular complexity index is 852. The predicted octanol–water partition coefficient (Wildman–Crippen LogP) is 3.25. The molecule has 5 rings (SSSR count). The quantitative estimate of drug-likeness (QED) is 0.884. The molecule has 136 valence electrons. The van der Waals surface area contributed by atoms with Gasteiger partial charge in [-0.15, -0.1) is 0 Å². The van der Waals surface area contributed by atoms with Crippen molar-refractivity contribution in [3.63, 3.8) is 0 Å². The molecule has 3 heterocycles. The van der Waals surface area contributed by atoms with E-state index in [-0.39, 0.29) is 30.5 Å². The van der Waals surface area contributed by atoms with E-state index >= 15 is 0 Å². The van der Waals surface area contributed by atoms with E-state index in [1.54, 1.807) is 6.20 Å². The summed E-state index contributed by atoms with van der Waals surface area (Å²) in [5.74, 6) is 3.37. The molecular formula is C20H22N2O4. The van der Waals surface area contributed by atoms with E-state index in [4.69, 9.17) is 9.47 Å². The van der Waals surface area contributed by atoms with Crippen LogP contribution in [0.4, 0.5) is 5.82 Å². The van der Waals surface area contributed by atoms with Crippen LogP contribution >= 0.6 is 0 Å². The van der Waals surface area contributed by atoms with Crippen LogP contribution in [0.3, 0.4) is 0 Å². The van der Waals surface area contributed by atoms with E-state index in [0.717, 1.165) is 22.6 Å². The first kappa shape index (κ1) is 16.8. The number of nitrogens with one attached hydrogen (secondary N) is 1. The normalized spacial score (nSPS) is 24.1. The number of aromatic nitrogens is 1. The van der Waals surface area contributed by atoms with Gasteiger partial charge in [0.15, 0.2) is 0 Å². The maximum absolute atomic E-state index is 11.5. The summed E-state index contributed by atoms with van der Waals surface area (Å²) >= 11 is 0. The van der Waals surface area contributed by atoms with E-state index in [0.29, 0.717) is 24.4 Å². The number of aliphatic hydroxyl groups excluding tert-OH is 1. The first-order chi connectivity index (χ1) is 12.7. The van der Waals surface area contributed by atoms with Gasteiger partial charge in [0, 0.05) is 35.6 Å². The van der Waals surface area contributed by atoms with Crippen molar-refractivity contribution in [3.05, 3.63) is 41.6 Å². The first-order valence-electron chi connectivity index (χ1n) is 9.11. The number of amides is 1. The van der Waals surface area contributed by atoms with Gasteiger partial charge >= 0.3 is 0 Å². The maximum Gasteiger partial charge on any atom is 0.225 e. The smallest absolute Gasteiger partial charge is 0.225 e. The molecule has 2 N–H and O–H groups in total. The van der Waals surface area contributed by atoms with Crippen LogP contribution in [0.2, 0.25) is 0 Å². The lowest BCUT2D eigenvalue weighted by atomic mass is 10.1. The molecule has 1 aromatic heterocycles. The molecule has 0 bridgehead atoms. The van der Waals surface area contributed by atoms with Crippen molar-refractivity contribution in [2.75, 3.05) is 11.9 Å². The Balaban J connectivity index is 0.000000814. The van der Waals surface area contributed by atoms with Gasteiger partial charge in [0.25, 0.3) is 0 Å². The second-order valence-corrected chi connectivity index (χ2v) is 6.44. The minimum Gasteiger partial charge on any atom is -0.489 e. The number of ether oxygens (including phenoxy) is 2. The van der Waals surface area contributed by atoms with Gasteiger partial charge in [-0.1, -0.05) is 13.8 Å². The van der Waals surface area contributed by atoms with Gasteiger partial charge in [-0.3, -0.25) is 4.79 Å². The zero-order chi connectivity index (χ0) is 18.3. The molecule has 6 heteroatoms. The van der Waals surface area contributed by atoms with Crippen LogP contribution in [0.5, 0.6) is 17.2 Å². The van der Waals surface area contributed by atoms with Crippen LogP contribution < -0.4 is 14.8 Å². The van der Waals surface area contributed by atoms with Crippen molar-refractivity contribution in [2.24, 2.45) is 5.92 Å². The Hall–Kier alpha value is -2.60. The number of rotatable bonds is 3. The van der Waals surface area contributed by atoms with Gasteiger partial charge < -0.3 is 19.9 Å². The molecule has 3 unspecified atom stereocenters. The third-order valence-corrected chi connectivity index (χ3v) is 5.01. The van der Waals surface area contributed by atoms with E-state index in [1.165, 1.54) is 0 Å². The number of fused-ring (bicyclic) bond motifs is 4. The molecule has 26 heavy (non-hydrogen) atoms. The van der Waals surface area contributed by atoms with Crippen LogP contribution in [0, 0.1) is 5.92 Å². The van der Waals surface area contributed by atoms with E-state index in [2.05, 4.69) is 10.3 Å². The number of carbonyl (C=O) groups is 1. The fourth-order valence-electron chi connectivity index (χ4n) is 3.71. The number of carbonyl (C=O) groups excluding carboxylic acids is 1. The fourth-order valence-corrected chi connectivity index (χ4v) is 3.71. The Kier molecular flexibility index (Phi) is 4.28. The Morgan fingerprint density at radius 2 is 2.15 bits per heavy atom. The van der Waals surface area contributed by atoms with Crippen molar-refractivity contribution in [1.82, 2.24) is 4.98 Å². The monoisotopic (exact) mass is 354 g/mol. The lowest BCUT2D eigenvalue weighted by Crippen LogP contribution is -2.20. The topological polar surface area (TPSA) is 80.7 Å². The van der Waals surface area contributed by atoms with Crippen molar-refractivity contribution in [1.29, 1.82) is 0 Å². The van der Waals surface area contributed by atoms with Gasteiger partial charge in [-0.25, -0.2) is 4.98 Å². The predicted molar refractivity (Wildman–Crippen MR) is 96.8 cm³/mol. The summed E-state index contributed by atoms with van der Waals surface area (Å²) in [4.78, 5) is 15.7. The highest BCUT2D eigenvalue weighted by Crippen LogP contribution is 2.58. The van der Waals surface area contributed by atoms with Gasteiger partial charge in [0.05, 0.1) is 6.61 Å². The Labute approximate surface area is 152 Å². The summed E-state index contributed by atoms with van der Waals surface area (Å²) in [6, 6.07) is 7.60. The van der Waals surface area contributed by atoms with Crippen LogP contribution in [-0.2, 0) is 11.2 Å². The lowest BCUT2D eigenvalue weighted by Gasteiger charge is -2.19. The Morgan fingerprint density at radius 3 is 2.96 bits per heavy atom. The molecule has 0 spiro atoms. The molecule has 1 aliphatic carbocycles. The third-order valence-electron chi connectivity index (χ3n) is 5.01. The second-order valence-electron chi connectivity index (χ2n) is 6.44. The average Bonchev–Trinajstić information content (AvgIpc) is 3.24. The van der Waals surface area contributed by atoms with E-state index in [1.807, 2.05) is 38.1 Å². The molecule has 1 amide bonds. The molecule has 1 aromatic carbocycles. The highest BCUT2D eigenvalue weighted by Gasteiger charge is 2.58. The van der Waals surface area contributed by atoms with Crippen LogP contribution in [0.1, 0.15) is 37.3 Å². The van der Waals surface area contributed by atoms with E-state index < -0.39 is 0 Å². The highest BCUT2D eigenvalue weighted by molar-refractivity contribution is 5.93. The van der Waals surface area contributed by atoms with Gasteiger partial charge in [-0.2, -0.15) is 0 Å². The Morgan fingerprint density at radius 1 is 1.31 bits per heavy atom. The number of benzene rings is 1. The zero-order valence-corrected chi connectivity index (χ0v) is 14.9. The zero-order valence-electron chi connectivity index (χ0n) is 14.9. The highest BCUT2D eigenvalue weighted by atomic mass is 16.5. The summed E-state index contributed by atoms with van der Waals surface area (Å²) in [7, 11) is 0. The molecule has 2 aliphatic heterocycles. The van der Waals surface area contributed by atoms with Crippen molar-refractivity contribution in [3.8, 4) is 17.2 Å². The number of nitrogens with zero attached hydrogens (tertiary/aromatic N) is 1. The number of anilines is 1. The van der Waals surface area contributed by atoms with Crippen molar-refractivity contribution < 1.29 is 19.4 Å². The summed E-state index contributed by atoms with van der Waals surface area (Å²) in [5, 5.41) is 12.1. The fraction of sp³-hybridized carbons (Fsp3) is 0.400. The molecule has 2 aromatic rings. The van der Waals surface area contributed by atoms with Crippen LogP contribution in [0.25, 0.3) is 0 Å². The van der Waals surface area contributed by atoms with E-state index in [9.17, 15) is 9.90 Å². The van der Waals surface area contributed by atoms with Crippen LogP contribution in [-0.4, -0.2) is 28.7 Å². The molecule has 3 aliphatic rings. The molecular weight excluding hydrogens is 332 g/mol. The van der Waals surface area contributed by atoms with Crippen molar-refractivity contribution >= 4 is 11.7 Å². The molecule has 0 radical (unpaired) electrons. The standard InChI is InChI=1S/C18H16N2O4.C2H6/c21-8-12-16-11-7-9(1-3-13(11)24-17(12)16)23-14-5-6-19-18-10(14)2-4-15(22)20-18;1-2/h1,3,5-7,12,16-17,21H,2,4,8H2,(H,19,20,22);1-2H3. The van der Waals surface area contributed by atoms with Gasteiger partial charge in [-0.05, 0) is 30.7 Å². The van der Waals surface area contributed by atoms with Crippen LogP contribution in [0.15, 0.2) is 30.5 Å². The van der Waals surface area contributed by atoms with Gasteiger partial charge in [0.2, 0.25) is 5.91 Å². The summed E-state index contributed by atoms with van der Waals surface area (Å²) in [5.41, 5.74) is 2.03. The van der Waals surface area contributed by atoms with Gasteiger partial charge in [0.1, 0.15) is 29.2 Å². The summed E-state index contributed by atoms with van der Waals surface area (Å²) < 4.78 is 11.9. The largest absolute Gasteiger partial charge is 0.489 e. The average molecular weight is 354 g/mol. The molecule has 6 nitrogen and oxygen atoms in total. The van der Waals surface area contributed by atoms with Crippen molar-refractivity contribution in [2.45, 2.75) is 38.7 Å². The third kappa shape index (κ3) is 2.70. The number of aliphatic hydroxyl groups is 1. The summed E-state index contributed by atoms with van der Waals surface area (Å²) in [6.07, 6.45) is 2.81. The second kappa shape index (κ2) is 6.61. The number of hydrogen-bond acceptors (Lipinski definition) is 5. The molecule has 1 fully saturated rings. The molecule has 1 saturated carbocycles. The maximum atomic E-state index is 11.5. The number of pyridine rings is 1. The lowest BCUT2D eigenvalue weighted by molar-refractivity contribution is -0.116. The SMILES string of the molecule is CC.O=C1CCc2c(Oc3ccc4c(c3)C3C(CO)C3O4)ccnc2N1.